The predicted molar refractivity (Wildman–Crippen MR) is 88.2 cm³/mol. The molecule has 1 aromatic carbocycles. The number of halogens is 1. The van der Waals surface area contributed by atoms with E-state index in [4.69, 9.17) is 5.11 Å². The highest BCUT2D eigenvalue weighted by atomic mass is 79.9. The van der Waals surface area contributed by atoms with Gasteiger partial charge in [0.25, 0.3) is 0 Å². The van der Waals surface area contributed by atoms with Crippen LogP contribution in [-0.4, -0.2) is 30.3 Å². The quantitative estimate of drug-likeness (QED) is 0.762. The van der Waals surface area contributed by atoms with Crippen molar-refractivity contribution < 1.29 is 5.11 Å². The zero-order valence-electron chi connectivity index (χ0n) is 12.4. The van der Waals surface area contributed by atoms with Gasteiger partial charge < -0.3 is 15.3 Å². The normalized spacial score (nSPS) is 14.8. The topological polar surface area (TPSA) is 35.5 Å². The Balaban J connectivity index is 2.16. The molecule has 0 radical (unpaired) electrons. The van der Waals surface area contributed by atoms with Gasteiger partial charge in [0.05, 0.1) is 0 Å². The van der Waals surface area contributed by atoms with Gasteiger partial charge in [0.2, 0.25) is 0 Å². The minimum atomic E-state index is 0.245. The summed E-state index contributed by atoms with van der Waals surface area (Å²) in [5.74, 6) is 0. The molecule has 0 spiro atoms. The van der Waals surface area contributed by atoms with Gasteiger partial charge in [-0.3, -0.25) is 0 Å². The van der Waals surface area contributed by atoms with E-state index < -0.39 is 0 Å². The van der Waals surface area contributed by atoms with Crippen LogP contribution < -0.4 is 10.2 Å². The molecule has 2 N–H and O–H groups in total. The van der Waals surface area contributed by atoms with Crippen LogP contribution in [0.1, 0.15) is 38.7 Å². The van der Waals surface area contributed by atoms with Gasteiger partial charge in [0.15, 0.2) is 0 Å². The Bertz CT molecular complexity index is 432. The van der Waals surface area contributed by atoms with Gasteiger partial charge in [-0.1, -0.05) is 15.9 Å². The van der Waals surface area contributed by atoms with E-state index in [0.29, 0.717) is 12.1 Å². The molecular formula is C16H25BrN2O. The number of rotatable bonds is 8. The summed E-state index contributed by atoms with van der Waals surface area (Å²) in [5.41, 5.74) is 2.61. The summed E-state index contributed by atoms with van der Waals surface area (Å²) in [6, 6.07) is 7.64. The van der Waals surface area contributed by atoms with E-state index in [0.717, 1.165) is 24.0 Å². The van der Waals surface area contributed by atoms with E-state index >= 15 is 0 Å². The highest BCUT2D eigenvalue weighted by Crippen LogP contribution is 2.28. The molecule has 0 aromatic heterocycles. The highest BCUT2D eigenvalue weighted by Gasteiger charge is 2.21. The van der Waals surface area contributed by atoms with Crippen molar-refractivity contribution in [1.82, 2.24) is 5.32 Å². The lowest BCUT2D eigenvalue weighted by molar-refractivity contribution is 0.288. The van der Waals surface area contributed by atoms with E-state index in [-0.39, 0.29) is 6.61 Å². The fourth-order valence-electron chi connectivity index (χ4n) is 2.42. The Morgan fingerprint density at radius 3 is 2.75 bits per heavy atom. The van der Waals surface area contributed by atoms with Crippen molar-refractivity contribution in [2.75, 3.05) is 18.1 Å². The fraction of sp³-hybridized carbons (Fsp3) is 0.625. The monoisotopic (exact) mass is 340 g/mol. The molecule has 0 saturated heterocycles. The maximum atomic E-state index is 9.10. The Morgan fingerprint density at radius 1 is 1.40 bits per heavy atom. The third kappa shape index (κ3) is 4.47. The van der Waals surface area contributed by atoms with Crippen LogP contribution in [0.25, 0.3) is 0 Å². The fourth-order valence-corrected chi connectivity index (χ4v) is 2.82. The molecule has 0 unspecified atom stereocenters. The number of benzene rings is 1. The number of anilines is 1. The molecule has 1 fully saturated rings. The minimum absolute atomic E-state index is 0.245. The lowest BCUT2D eigenvalue weighted by Crippen LogP contribution is -2.33. The first-order valence-electron chi connectivity index (χ1n) is 7.51. The Morgan fingerprint density at radius 2 is 2.15 bits per heavy atom. The number of aliphatic hydroxyl groups is 1. The number of nitrogens with zero attached hydrogens (tertiary/aromatic N) is 1. The molecular weight excluding hydrogens is 316 g/mol. The second kappa shape index (κ2) is 7.43. The standard InChI is InChI=1S/C16H25BrN2O/c1-12(2)19(8-3-9-20)16-7-4-14(17)10-13(16)11-18-15-5-6-15/h4,7,10,12,15,18,20H,3,5-6,8-9,11H2,1-2H3. The van der Waals surface area contributed by atoms with Gasteiger partial charge in [0.1, 0.15) is 0 Å². The molecule has 0 heterocycles. The molecule has 0 amide bonds. The molecule has 0 atom stereocenters. The third-order valence-electron chi connectivity index (χ3n) is 3.69. The highest BCUT2D eigenvalue weighted by molar-refractivity contribution is 9.10. The maximum absolute atomic E-state index is 9.10. The van der Waals surface area contributed by atoms with Crippen LogP contribution in [0.4, 0.5) is 5.69 Å². The van der Waals surface area contributed by atoms with Gasteiger partial charge in [-0.2, -0.15) is 0 Å². The Kier molecular flexibility index (Phi) is 5.87. The van der Waals surface area contributed by atoms with Gasteiger partial charge in [0, 0.05) is 41.9 Å². The van der Waals surface area contributed by atoms with Crippen LogP contribution in [-0.2, 0) is 6.54 Å². The van der Waals surface area contributed by atoms with Crippen molar-refractivity contribution >= 4 is 21.6 Å². The number of nitrogens with one attached hydrogen (secondary N) is 1. The molecule has 0 bridgehead atoms. The van der Waals surface area contributed by atoms with E-state index in [9.17, 15) is 0 Å². The summed E-state index contributed by atoms with van der Waals surface area (Å²) in [6.45, 7) is 6.47. The lowest BCUT2D eigenvalue weighted by atomic mass is 10.1. The molecule has 2 rings (SSSR count). The van der Waals surface area contributed by atoms with Crippen LogP contribution in [0.2, 0.25) is 0 Å². The third-order valence-corrected chi connectivity index (χ3v) is 4.18. The number of aliphatic hydroxyl groups excluding tert-OH is 1. The van der Waals surface area contributed by atoms with E-state index in [2.05, 4.69) is 58.2 Å². The van der Waals surface area contributed by atoms with Gasteiger partial charge in [-0.15, -0.1) is 0 Å². The molecule has 1 aliphatic rings. The average molecular weight is 341 g/mol. The van der Waals surface area contributed by atoms with Gasteiger partial charge >= 0.3 is 0 Å². The SMILES string of the molecule is CC(C)N(CCCO)c1ccc(Br)cc1CNC1CC1. The molecule has 4 heteroatoms. The summed E-state index contributed by atoms with van der Waals surface area (Å²) in [5, 5.41) is 12.7. The summed E-state index contributed by atoms with van der Waals surface area (Å²) in [7, 11) is 0. The van der Waals surface area contributed by atoms with Crippen LogP contribution in [0.5, 0.6) is 0 Å². The lowest BCUT2D eigenvalue weighted by Gasteiger charge is -2.31. The second-order valence-corrected chi connectivity index (χ2v) is 6.71. The minimum Gasteiger partial charge on any atom is -0.396 e. The van der Waals surface area contributed by atoms with Crippen molar-refractivity contribution in [2.45, 2.75) is 51.7 Å². The molecule has 0 aliphatic heterocycles. The average Bonchev–Trinajstić information content (AvgIpc) is 3.22. The zero-order valence-corrected chi connectivity index (χ0v) is 14.0. The molecule has 3 nitrogen and oxygen atoms in total. The molecule has 20 heavy (non-hydrogen) atoms. The largest absolute Gasteiger partial charge is 0.396 e. The van der Waals surface area contributed by atoms with Crippen LogP contribution in [0.15, 0.2) is 22.7 Å². The van der Waals surface area contributed by atoms with Gasteiger partial charge in [-0.25, -0.2) is 0 Å². The van der Waals surface area contributed by atoms with Crippen LogP contribution in [0, 0.1) is 0 Å². The first kappa shape index (κ1) is 15.8. The Labute approximate surface area is 130 Å². The van der Waals surface area contributed by atoms with E-state index in [1.54, 1.807) is 0 Å². The summed E-state index contributed by atoms with van der Waals surface area (Å²) < 4.78 is 1.12. The molecule has 1 aromatic rings. The number of hydrogen-bond donors (Lipinski definition) is 2. The predicted octanol–water partition coefficient (Wildman–Crippen LogP) is 3.30. The first-order chi connectivity index (χ1) is 9.61. The second-order valence-electron chi connectivity index (χ2n) is 5.79. The zero-order chi connectivity index (χ0) is 14.5. The number of hydrogen-bond acceptors (Lipinski definition) is 3. The van der Waals surface area contributed by atoms with E-state index in [1.165, 1.54) is 24.1 Å². The summed E-state index contributed by atoms with van der Waals surface area (Å²) in [6.07, 6.45) is 3.42. The van der Waals surface area contributed by atoms with Crippen molar-refractivity contribution in [3.63, 3.8) is 0 Å². The first-order valence-corrected chi connectivity index (χ1v) is 8.30. The van der Waals surface area contributed by atoms with Crippen molar-refractivity contribution in [3.05, 3.63) is 28.2 Å². The van der Waals surface area contributed by atoms with Gasteiger partial charge in [-0.05, 0) is 56.9 Å². The molecule has 1 aliphatic carbocycles. The van der Waals surface area contributed by atoms with Crippen molar-refractivity contribution in [1.29, 1.82) is 0 Å². The molecule has 112 valence electrons. The summed E-state index contributed by atoms with van der Waals surface area (Å²) in [4.78, 5) is 2.38. The Hall–Kier alpha value is -0.580. The smallest absolute Gasteiger partial charge is 0.0447 e. The molecule has 1 saturated carbocycles. The maximum Gasteiger partial charge on any atom is 0.0447 e. The van der Waals surface area contributed by atoms with Crippen LogP contribution >= 0.6 is 15.9 Å². The van der Waals surface area contributed by atoms with Crippen molar-refractivity contribution in [3.8, 4) is 0 Å². The summed E-state index contributed by atoms with van der Waals surface area (Å²) >= 11 is 3.57. The van der Waals surface area contributed by atoms with Crippen LogP contribution in [0.3, 0.4) is 0 Å². The van der Waals surface area contributed by atoms with E-state index in [1.807, 2.05) is 0 Å². The van der Waals surface area contributed by atoms with Crippen molar-refractivity contribution in [2.24, 2.45) is 0 Å².